The van der Waals surface area contributed by atoms with Gasteiger partial charge in [-0.1, -0.05) is 18.2 Å². The smallest absolute Gasteiger partial charge is 0.277 e. The largest absolute Gasteiger partial charge is 0.396 e. The molecule has 0 aliphatic carbocycles. The molecule has 158 valence electrons. The standard InChI is InChI=1S/C20H25N7O3/c28-10-4-3-7-18-23-19(26-8-11-30-12-9-26)25-20(24-18)27(29)22-14-15-13-21-17-6-2-1-5-16(15)17/h1-2,5-6,13-14,21,28-29H,3-4,7-12H2. The molecule has 0 saturated carbocycles. The van der Waals surface area contributed by atoms with E-state index in [9.17, 15) is 5.21 Å². The van der Waals surface area contributed by atoms with E-state index in [1.807, 2.05) is 35.4 Å². The minimum absolute atomic E-state index is 0.0570. The van der Waals surface area contributed by atoms with E-state index < -0.39 is 0 Å². The zero-order chi connectivity index (χ0) is 20.8. The molecule has 1 aliphatic rings. The van der Waals surface area contributed by atoms with Gasteiger partial charge in [-0.15, -0.1) is 5.17 Å². The van der Waals surface area contributed by atoms with Gasteiger partial charge in [0, 0.05) is 48.8 Å². The van der Waals surface area contributed by atoms with Crippen LogP contribution in [-0.4, -0.2) is 69.4 Å². The second-order valence-electron chi connectivity index (χ2n) is 6.96. The van der Waals surface area contributed by atoms with Gasteiger partial charge < -0.3 is 19.7 Å². The van der Waals surface area contributed by atoms with Crippen molar-refractivity contribution in [1.82, 2.24) is 19.9 Å². The Hall–Kier alpha value is -3.08. The molecule has 3 N–H and O–H groups in total. The molecule has 10 heteroatoms. The SMILES string of the molecule is OCCCCc1nc(N2CCOCC2)nc(N(O)N=Cc2c[nH]c3ccccc23)n1. The number of nitrogens with one attached hydrogen (secondary N) is 1. The zero-order valence-electron chi connectivity index (χ0n) is 16.6. The number of anilines is 2. The number of aliphatic hydroxyl groups excluding tert-OH is 1. The molecule has 0 radical (unpaired) electrons. The lowest BCUT2D eigenvalue weighted by Crippen LogP contribution is -2.38. The van der Waals surface area contributed by atoms with Crippen molar-refractivity contribution in [2.24, 2.45) is 5.10 Å². The molecule has 1 aliphatic heterocycles. The molecule has 0 atom stereocenters. The molecule has 10 nitrogen and oxygen atoms in total. The number of unbranched alkanes of at least 4 members (excludes halogenated alkanes) is 1. The quantitative estimate of drug-likeness (QED) is 0.291. The van der Waals surface area contributed by atoms with Gasteiger partial charge in [0.25, 0.3) is 5.95 Å². The number of hydrogen-bond acceptors (Lipinski definition) is 9. The van der Waals surface area contributed by atoms with Gasteiger partial charge in [0.1, 0.15) is 5.82 Å². The number of morpholine rings is 1. The number of hydrazone groups is 1. The van der Waals surface area contributed by atoms with Crippen molar-refractivity contribution in [3.63, 3.8) is 0 Å². The van der Waals surface area contributed by atoms with E-state index in [2.05, 4.69) is 25.0 Å². The first-order chi connectivity index (χ1) is 14.7. The number of rotatable bonds is 8. The molecule has 0 amide bonds. The van der Waals surface area contributed by atoms with Crippen LogP contribution in [0.4, 0.5) is 11.9 Å². The number of hydrogen-bond donors (Lipinski definition) is 3. The Morgan fingerprint density at radius 3 is 2.83 bits per heavy atom. The van der Waals surface area contributed by atoms with Crippen LogP contribution in [0.25, 0.3) is 10.9 Å². The predicted molar refractivity (Wildman–Crippen MR) is 113 cm³/mol. The minimum atomic E-state index is 0.0570. The first-order valence-corrected chi connectivity index (χ1v) is 10.0. The summed E-state index contributed by atoms with van der Waals surface area (Å²) in [6.07, 6.45) is 5.37. The maximum absolute atomic E-state index is 10.5. The van der Waals surface area contributed by atoms with Crippen molar-refractivity contribution in [2.75, 3.05) is 43.0 Å². The molecule has 0 bridgehead atoms. The van der Waals surface area contributed by atoms with Crippen LogP contribution in [0.2, 0.25) is 0 Å². The van der Waals surface area contributed by atoms with Crippen molar-refractivity contribution in [2.45, 2.75) is 19.3 Å². The number of nitrogens with zero attached hydrogens (tertiary/aromatic N) is 6. The third-order valence-electron chi connectivity index (χ3n) is 4.87. The topological polar surface area (TPSA) is 123 Å². The number of ether oxygens (including phenoxy) is 1. The Morgan fingerprint density at radius 1 is 1.17 bits per heavy atom. The van der Waals surface area contributed by atoms with Crippen LogP contribution in [0.3, 0.4) is 0 Å². The van der Waals surface area contributed by atoms with Crippen molar-refractivity contribution in [3.8, 4) is 0 Å². The van der Waals surface area contributed by atoms with Crippen LogP contribution in [0.15, 0.2) is 35.6 Å². The van der Waals surface area contributed by atoms with E-state index >= 15 is 0 Å². The summed E-state index contributed by atoms with van der Waals surface area (Å²) < 4.78 is 5.40. The Balaban J connectivity index is 1.57. The predicted octanol–water partition coefficient (Wildman–Crippen LogP) is 1.73. The molecule has 1 fully saturated rings. The normalized spacial score (nSPS) is 14.7. The van der Waals surface area contributed by atoms with Gasteiger partial charge in [0.2, 0.25) is 5.95 Å². The highest BCUT2D eigenvalue weighted by Gasteiger charge is 2.18. The monoisotopic (exact) mass is 411 g/mol. The summed E-state index contributed by atoms with van der Waals surface area (Å²) in [5.41, 5.74) is 1.83. The molecule has 4 rings (SSSR count). The highest BCUT2D eigenvalue weighted by atomic mass is 16.5. The molecular weight excluding hydrogens is 386 g/mol. The summed E-state index contributed by atoms with van der Waals surface area (Å²) in [6, 6.07) is 7.86. The van der Waals surface area contributed by atoms with E-state index in [0.717, 1.165) is 22.9 Å². The Labute approximate surface area is 173 Å². The fraction of sp³-hybridized carbons (Fsp3) is 0.400. The first kappa shape index (κ1) is 20.2. The number of H-pyrrole nitrogens is 1. The lowest BCUT2D eigenvalue weighted by Gasteiger charge is -2.27. The van der Waals surface area contributed by atoms with Gasteiger partial charge in [-0.3, -0.25) is 5.21 Å². The highest BCUT2D eigenvalue weighted by Crippen LogP contribution is 2.18. The lowest BCUT2D eigenvalue weighted by atomic mass is 10.2. The van der Waals surface area contributed by atoms with Gasteiger partial charge in [0.05, 0.1) is 19.4 Å². The number of para-hydroxylation sites is 1. The number of aliphatic hydroxyl groups is 1. The average molecular weight is 411 g/mol. The third kappa shape index (κ3) is 4.73. The third-order valence-corrected chi connectivity index (χ3v) is 4.87. The molecule has 2 aromatic heterocycles. The summed E-state index contributed by atoms with van der Waals surface area (Å²) in [5.74, 6) is 1.10. The summed E-state index contributed by atoms with van der Waals surface area (Å²) in [6.45, 7) is 2.66. The van der Waals surface area contributed by atoms with Crippen LogP contribution in [0.1, 0.15) is 24.2 Å². The van der Waals surface area contributed by atoms with E-state index in [-0.39, 0.29) is 12.6 Å². The first-order valence-electron chi connectivity index (χ1n) is 10.0. The summed E-state index contributed by atoms with van der Waals surface area (Å²) in [7, 11) is 0. The molecule has 1 saturated heterocycles. The second kappa shape index (κ2) is 9.61. The minimum Gasteiger partial charge on any atom is -0.396 e. The zero-order valence-corrected chi connectivity index (χ0v) is 16.6. The summed E-state index contributed by atoms with van der Waals surface area (Å²) >= 11 is 0. The lowest BCUT2D eigenvalue weighted by molar-refractivity contribution is 0.122. The van der Waals surface area contributed by atoms with E-state index in [1.165, 1.54) is 0 Å². The Bertz CT molecular complexity index is 1000. The Morgan fingerprint density at radius 2 is 2.00 bits per heavy atom. The number of aromatic amines is 1. The fourth-order valence-electron chi connectivity index (χ4n) is 3.27. The molecule has 0 unspecified atom stereocenters. The number of benzene rings is 1. The Kier molecular flexibility index (Phi) is 6.47. The number of aryl methyl sites for hydroxylation is 1. The van der Waals surface area contributed by atoms with Crippen LogP contribution in [-0.2, 0) is 11.2 Å². The summed E-state index contributed by atoms with van der Waals surface area (Å²) in [5, 5.41) is 25.3. The summed E-state index contributed by atoms with van der Waals surface area (Å²) in [4.78, 5) is 18.5. The molecule has 30 heavy (non-hydrogen) atoms. The second-order valence-corrected chi connectivity index (χ2v) is 6.96. The molecule has 1 aromatic carbocycles. The van der Waals surface area contributed by atoms with Gasteiger partial charge in [0.15, 0.2) is 0 Å². The van der Waals surface area contributed by atoms with Gasteiger partial charge in [-0.25, -0.2) is 0 Å². The van der Waals surface area contributed by atoms with Crippen LogP contribution in [0, 0.1) is 0 Å². The average Bonchev–Trinajstić information content (AvgIpc) is 3.21. The molecule has 3 heterocycles. The molecule has 3 aromatic rings. The van der Waals surface area contributed by atoms with Crippen LogP contribution in [0.5, 0.6) is 0 Å². The van der Waals surface area contributed by atoms with Crippen LogP contribution >= 0.6 is 0 Å². The van der Waals surface area contributed by atoms with Gasteiger partial charge in [-0.2, -0.15) is 20.1 Å². The highest BCUT2D eigenvalue weighted by molar-refractivity contribution is 5.99. The van der Waals surface area contributed by atoms with Crippen molar-refractivity contribution >= 4 is 29.0 Å². The van der Waals surface area contributed by atoms with Crippen molar-refractivity contribution in [1.29, 1.82) is 0 Å². The van der Waals surface area contributed by atoms with E-state index in [0.29, 0.717) is 56.1 Å². The van der Waals surface area contributed by atoms with E-state index in [1.54, 1.807) is 6.21 Å². The maximum Gasteiger partial charge on any atom is 0.277 e. The number of aromatic nitrogens is 4. The fourth-order valence-corrected chi connectivity index (χ4v) is 3.27. The van der Waals surface area contributed by atoms with Gasteiger partial charge in [-0.05, 0) is 18.9 Å². The number of fused-ring (bicyclic) bond motifs is 1. The maximum atomic E-state index is 10.5. The molecule has 0 spiro atoms. The van der Waals surface area contributed by atoms with Crippen molar-refractivity contribution in [3.05, 3.63) is 41.9 Å². The van der Waals surface area contributed by atoms with Crippen molar-refractivity contribution < 1.29 is 15.1 Å². The van der Waals surface area contributed by atoms with E-state index in [4.69, 9.17) is 9.84 Å². The molecular formula is C20H25N7O3. The van der Waals surface area contributed by atoms with Gasteiger partial charge >= 0.3 is 0 Å². The van der Waals surface area contributed by atoms with Crippen LogP contribution < -0.4 is 10.1 Å².